The Labute approximate surface area is 222 Å². The molecule has 0 fully saturated rings. The predicted octanol–water partition coefficient (Wildman–Crippen LogP) is 4.99. The van der Waals surface area contributed by atoms with Crippen LogP contribution in [-0.4, -0.2) is 35.0 Å². The maximum absolute atomic E-state index is 13.4. The van der Waals surface area contributed by atoms with Crippen LogP contribution in [0.15, 0.2) is 75.0 Å². The van der Waals surface area contributed by atoms with Gasteiger partial charge in [-0.3, -0.25) is 9.59 Å². The number of para-hydroxylation sites is 1. The molecule has 0 atom stereocenters. The van der Waals surface area contributed by atoms with Crippen LogP contribution >= 0.6 is 15.9 Å². The van der Waals surface area contributed by atoms with Crippen LogP contribution in [0.25, 0.3) is 22.3 Å². The zero-order chi connectivity index (χ0) is 27.4. The third kappa shape index (κ3) is 5.86. The number of rotatable bonds is 8. The minimum Gasteiger partial charge on any atom is -0.490 e. The average Bonchev–Trinajstić information content (AvgIpc) is 2.88. The Morgan fingerprint density at radius 1 is 1.11 bits per heavy atom. The Hall–Kier alpha value is -4.19. The number of primary amides is 1. The Morgan fingerprint density at radius 2 is 1.84 bits per heavy atom. The molecule has 0 spiro atoms. The number of fused-ring (bicyclic) bond motifs is 1. The number of aromatic nitrogens is 2. The van der Waals surface area contributed by atoms with Crippen molar-refractivity contribution in [2.24, 2.45) is 10.8 Å². The molecule has 4 rings (SSSR count). The zero-order valence-electron chi connectivity index (χ0n) is 19.8. The van der Waals surface area contributed by atoms with Crippen LogP contribution in [0.2, 0.25) is 0 Å². The lowest BCUT2D eigenvalue weighted by Crippen LogP contribution is -2.21. The molecule has 2 N–H and O–H groups in total. The molecule has 0 aliphatic carbocycles. The van der Waals surface area contributed by atoms with E-state index in [4.69, 9.17) is 15.2 Å². The second-order valence-electron chi connectivity index (χ2n) is 7.90. The lowest BCUT2D eigenvalue weighted by molar-refractivity contribution is -0.137. The number of hydrogen-bond acceptors (Lipinski definition) is 6. The van der Waals surface area contributed by atoms with Gasteiger partial charge in [0, 0.05) is 15.6 Å². The van der Waals surface area contributed by atoms with Crippen LogP contribution in [0.5, 0.6) is 11.5 Å². The van der Waals surface area contributed by atoms with Crippen molar-refractivity contribution in [3.8, 4) is 22.9 Å². The van der Waals surface area contributed by atoms with Gasteiger partial charge in [0.1, 0.15) is 0 Å². The normalized spacial score (nSPS) is 11.7. The molecular formula is C26H20BrF3N4O4. The molecule has 0 radical (unpaired) electrons. The van der Waals surface area contributed by atoms with Crippen molar-refractivity contribution >= 4 is 39.0 Å². The smallest absolute Gasteiger partial charge is 0.416 e. The number of hydrogen-bond donors (Lipinski definition) is 1. The van der Waals surface area contributed by atoms with Gasteiger partial charge in [-0.1, -0.05) is 24.3 Å². The molecule has 0 saturated heterocycles. The number of halogens is 4. The quantitative estimate of drug-likeness (QED) is 0.292. The first-order valence-corrected chi connectivity index (χ1v) is 12.0. The minimum atomic E-state index is -4.58. The van der Waals surface area contributed by atoms with E-state index in [9.17, 15) is 22.8 Å². The lowest BCUT2D eigenvalue weighted by Gasteiger charge is -2.13. The van der Waals surface area contributed by atoms with E-state index in [0.717, 1.165) is 16.8 Å². The Balaban J connectivity index is 1.86. The zero-order valence-corrected chi connectivity index (χ0v) is 21.4. The first-order valence-electron chi connectivity index (χ1n) is 11.2. The van der Waals surface area contributed by atoms with E-state index < -0.39 is 23.2 Å². The highest BCUT2D eigenvalue weighted by Crippen LogP contribution is 2.34. The highest BCUT2D eigenvalue weighted by Gasteiger charge is 2.31. The van der Waals surface area contributed by atoms with Gasteiger partial charge in [0.2, 0.25) is 0 Å². The fourth-order valence-corrected chi connectivity index (χ4v) is 3.98. The molecule has 0 unspecified atom stereocenters. The Morgan fingerprint density at radius 3 is 2.55 bits per heavy atom. The first kappa shape index (κ1) is 26.9. The third-order valence-electron chi connectivity index (χ3n) is 5.25. The molecule has 1 amide bonds. The summed E-state index contributed by atoms with van der Waals surface area (Å²) >= 11 is 3.40. The van der Waals surface area contributed by atoms with Gasteiger partial charge in [-0.05, 0) is 59.3 Å². The van der Waals surface area contributed by atoms with E-state index in [1.54, 1.807) is 43.3 Å². The summed E-state index contributed by atoms with van der Waals surface area (Å²) in [6.07, 6.45) is -3.25. The van der Waals surface area contributed by atoms with Crippen molar-refractivity contribution in [2.45, 2.75) is 13.1 Å². The van der Waals surface area contributed by atoms with Crippen molar-refractivity contribution < 1.29 is 27.4 Å². The van der Waals surface area contributed by atoms with Crippen LogP contribution in [0.3, 0.4) is 0 Å². The minimum absolute atomic E-state index is 0.0594. The predicted molar refractivity (Wildman–Crippen MR) is 139 cm³/mol. The molecule has 0 saturated carbocycles. The standard InChI is InChI=1S/C26H20BrF3N4O4/c1-2-37-21-11-16(19(27)12-22(21)38-14-23(31)35)13-32-34-24(15-6-5-7-17(10-15)26(28,29)30)33-20-9-4-3-8-18(20)25(34)36/h3-13H,2,14H2,1H3,(H2,31,35). The van der Waals surface area contributed by atoms with Gasteiger partial charge in [-0.15, -0.1) is 0 Å². The molecule has 0 aliphatic rings. The van der Waals surface area contributed by atoms with E-state index in [1.807, 2.05) is 0 Å². The lowest BCUT2D eigenvalue weighted by atomic mass is 10.1. The molecule has 38 heavy (non-hydrogen) atoms. The molecular weight excluding hydrogens is 569 g/mol. The molecule has 0 aliphatic heterocycles. The molecule has 196 valence electrons. The average molecular weight is 589 g/mol. The van der Waals surface area contributed by atoms with Gasteiger partial charge in [-0.2, -0.15) is 22.9 Å². The maximum Gasteiger partial charge on any atom is 0.416 e. The molecule has 0 bridgehead atoms. The van der Waals surface area contributed by atoms with E-state index in [-0.39, 0.29) is 29.1 Å². The molecule has 1 heterocycles. The maximum atomic E-state index is 13.4. The summed E-state index contributed by atoms with van der Waals surface area (Å²) in [7, 11) is 0. The molecule has 8 nitrogen and oxygen atoms in total. The van der Waals surface area contributed by atoms with Gasteiger partial charge in [0.15, 0.2) is 23.9 Å². The van der Waals surface area contributed by atoms with Crippen LogP contribution in [-0.2, 0) is 11.0 Å². The van der Waals surface area contributed by atoms with Crippen molar-refractivity contribution in [2.75, 3.05) is 13.2 Å². The molecule has 12 heteroatoms. The highest BCUT2D eigenvalue weighted by molar-refractivity contribution is 9.10. The van der Waals surface area contributed by atoms with E-state index >= 15 is 0 Å². The summed E-state index contributed by atoms with van der Waals surface area (Å²) in [4.78, 5) is 28.9. The summed E-state index contributed by atoms with van der Waals surface area (Å²) in [5.74, 6) is -0.192. The molecule has 1 aromatic heterocycles. The van der Waals surface area contributed by atoms with Crippen LogP contribution in [0.4, 0.5) is 13.2 Å². The van der Waals surface area contributed by atoms with Gasteiger partial charge in [0.25, 0.3) is 11.5 Å². The SMILES string of the molecule is CCOc1cc(C=Nn2c(-c3cccc(C(F)(F)F)c3)nc3ccccc3c2=O)c(Br)cc1OCC(N)=O. The van der Waals surface area contributed by atoms with Gasteiger partial charge in [-0.25, -0.2) is 4.98 Å². The van der Waals surface area contributed by atoms with E-state index in [2.05, 4.69) is 26.0 Å². The fourth-order valence-electron chi connectivity index (χ4n) is 3.55. The number of nitrogens with two attached hydrogens (primary N) is 1. The van der Waals surface area contributed by atoms with Crippen molar-refractivity contribution in [1.82, 2.24) is 9.66 Å². The Bertz CT molecular complexity index is 1600. The summed E-state index contributed by atoms with van der Waals surface area (Å²) < 4.78 is 52.6. The van der Waals surface area contributed by atoms with Crippen LogP contribution in [0, 0.1) is 0 Å². The molecule has 3 aromatic carbocycles. The topological polar surface area (TPSA) is 109 Å². The second kappa shape index (κ2) is 11.1. The van der Waals surface area contributed by atoms with Crippen molar-refractivity contribution in [1.29, 1.82) is 0 Å². The number of ether oxygens (including phenoxy) is 2. The largest absolute Gasteiger partial charge is 0.490 e. The van der Waals surface area contributed by atoms with Gasteiger partial charge < -0.3 is 15.2 Å². The first-order chi connectivity index (χ1) is 18.1. The van der Waals surface area contributed by atoms with Crippen molar-refractivity contribution in [3.05, 3.63) is 86.6 Å². The number of nitrogens with zero attached hydrogens (tertiary/aromatic N) is 3. The number of carbonyl (C=O) groups excluding carboxylic acids is 1. The Kier molecular flexibility index (Phi) is 7.81. The summed E-state index contributed by atoms with van der Waals surface area (Å²) in [6, 6.07) is 14.1. The second-order valence-corrected chi connectivity index (χ2v) is 8.76. The third-order valence-corrected chi connectivity index (χ3v) is 5.93. The van der Waals surface area contributed by atoms with Gasteiger partial charge in [0.05, 0.1) is 29.3 Å². The number of benzene rings is 3. The van der Waals surface area contributed by atoms with E-state index in [0.29, 0.717) is 27.9 Å². The van der Waals surface area contributed by atoms with E-state index in [1.165, 1.54) is 18.3 Å². The number of alkyl halides is 3. The monoisotopic (exact) mass is 588 g/mol. The number of amides is 1. The number of carbonyl (C=O) groups is 1. The highest BCUT2D eigenvalue weighted by atomic mass is 79.9. The van der Waals surface area contributed by atoms with Crippen molar-refractivity contribution in [3.63, 3.8) is 0 Å². The van der Waals surface area contributed by atoms with Gasteiger partial charge >= 0.3 is 6.18 Å². The summed E-state index contributed by atoms with van der Waals surface area (Å²) in [5, 5.41) is 4.54. The fraction of sp³-hybridized carbons (Fsp3) is 0.154. The van der Waals surface area contributed by atoms with Crippen LogP contribution in [0.1, 0.15) is 18.1 Å². The van der Waals surface area contributed by atoms with Crippen LogP contribution < -0.4 is 20.8 Å². The summed E-state index contributed by atoms with van der Waals surface area (Å²) in [6.45, 7) is 1.69. The molecule has 4 aromatic rings. The summed E-state index contributed by atoms with van der Waals surface area (Å²) in [5.41, 5.74) is 4.53.